The fourth-order valence-corrected chi connectivity index (χ4v) is 1.80. The average Bonchev–Trinajstić information content (AvgIpc) is 2.70. The average molecular weight is 275 g/mol. The normalized spacial score (nSPS) is 11.6. The number of anilines is 1. The van der Waals surface area contributed by atoms with E-state index in [1.54, 1.807) is 18.2 Å². The van der Waals surface area contributed by atoms with E-state index in [2.05, 4.69) is 10.2 Å². The van der Waals surface area contributed by atoms with E-state index in [0.717, 1.165) is 5.56 Å². The van der Waals surface area contributed by atoms with Gasteiger partial charge in [-0.1, -0.05) is 22.5 Å². The number of benzene rings is 1. The molecule has 0 saturated carbocycles. The van der Waals surface area contributed by atoms with E-state index in [9.17, 15) is 13.2 Å². The summed E-state index contributed by atoms with van der Waals surface area (Å²) in [5.41, 5.74) is 6.93. The van der Waals surface area contributed by atoms with Crippen LogP contribution in [0.4, 0.5) is 18.9 Å². The summed E-state index contributed by atoms with van der Waals surface area (Å²) in [6.45, 7) is 1.84. The zero-order chi connectivity index (χ0) is 13.3. The number of hydrogen-bond acceptors (Lipinski definition) is 5. The molecule has 0 aliphatic heterocycles. The Bertz CT molecular complexity index is 568. The largest absolute Gasteiger partial charge is 0.445 e. The molecule has 0 amide bonds. The van der Waals surface area contributed by atoms with E-state index in [0.29, 0.717) is 17.0 Å². The van der Waals surface area contributed by atoms with Crippen molar-refractivity contribution in [2.75, 3.05) is 5.73 Å². The monoisotopic (exact) mass is 275 g/mol. The maximum absolute atomic E-state index is 12.3. The number of hydrogen-bond donors (Lipinski definition) is 1. The van der Waals surface area contributed by atoms with Gasteiger partial charge in [0.15, 0.2) is 5.75 Å². The van der Waals surface area contributed by atoms with Crippen LogP contribution < -0.4 is 10.5 Å². The van der Waals surface area contributed by atoms with Gasteiger partial charge in [-0.3, -0.25) is 0 Å². The summed E-state index contributed by atoms with van der Waals surface area (Å²) < 4.78 is 42.1. The second-order valence-electron chi connectivity index (χ2n) is 3.51. The summed E-state index contributed by atoms with van der Waals surface area (Å²) in [6, 6.07) is 4.96. The van der Waals surface area contributed by atoms with Crippen LogP contribution in [0.15, 0.2) is 18.2 Å². The molecule has 0 atom stereocenters. The summed E-state index contributed by atoms with van der Waals surface area (Å²) in [5, 5.41) is 5.07. The van der Waals surface area contributed by atoms with Gasteiger partial charge < -0.3 is 10.5 Å². The van der Waals surface area contributed by atoms with Crippen molar-refractivity contribution in [1.29, 1.82) is 0 Å². The first kappa shape index (κ1) is 12.6. The Morgan fingerprint density at radius 1 is 1.28 bits per heavy atom. The Labute approximate surface area is 104 Å². The molecular weight excluding hydrogens is 267 g/mol. The van der Waals surface area contributed by atoms with Crippen LogP contribution in [0.5, 0.6) is 10.9 Å². The van der Waals surface area contributed by atoms with Gasteiger partial charge >= 0.3 is 6.18 Å². The zero-order valence-electron chi connectivity index (χ0n) is 9.15. The highest BCUT2D eigenvalue weighted by Gasteiger charge is 2.36. The number of aryl methyl sites for hydroxylation is 1. The number of rotatable bonds is 2. The molecular formula is C10H8F3N3OS. The minimum Gasteiger partial charge on any atom is -0.428 e. The van der Waals surface area contributed by atoms with Crippen molar-refractivity contribution in [3.8, 4) is 10.9 Å². The Morgan fingerprint density at radius 2 is 2.00 bits per heavy atom. The Kier molecular flexibility index (Phi) is 3.12. The molecule has 18 heavy (non-hydrogen) atoms. The molecule has 0 bridgehead atoms. The standard InChI is InChI=1S/C10H8F3N3OS/c1-5-2-3-7(6(14)4-5)17-9-16-15-8(18-9)10(11,12)13/h2-4H,14H2,1H3. The second-order valence-corrected chi connectivity index (χ2v) is 4.45. The first-order valence-corrected chi connectivity index (χ1v) is 5.62. The molecule has 0 unspecified atom stereocenters. The van der Waals surface area contributed by atoms with E-state index < -0.39 is 11.2 Å². The lowest BCUT2D eigenvalue weighted by Gasteiger charge is -2.05. The van der Waals surface area contributed by atoms with Gasteiger partial charge in [-0.25, -0.2) is 0 Å². The minimum atomic E-state index is -4.52. The lowest BCUT2D eigenvalue weighted by molar-refractivity contribution is -0.138. The SMILES string of the molecule is Cc1ccc(Oc2nnc(C(F)(F)F)s2)c(N)c1. The summed E-state index contributed by atoms with van der Waals surface area (Å²) in [7, 11) is 0. The zero-order valence-corrected chi connectivity index (χ0v) is 9.97. The molecule has 1 aromatic heterocycles. The highest BCUT2D eigenvalue weighted by molar-refractivity contribution is 7.13. The molecule has 8 heteroatoms. The van der Waals surface area contributed by atoms with Crippen LogP contribution in [0.1, 0.15) is 10.6 Å². The molecule has 2 aromatic rings. The topological polar surface area (TPSA) is 61.0 Å². The van der Waals surface area contributed by atoms with Gasteiger partial charge in [0.2, 0.25) is 5.01 Å². The van der Waals surface area contributed by atoms with Crippen molar-refractivity contribution in [1.82, 2.24) is 10.2 Å². The van der Waals surface area contributed by atoms with Crippen LogP contribution >= 0.6 is 11.3 Å². The van der Waals surface area contributed by atoms with Crippen molar-refractivity contribution >= 4 is 17.0 Å². The Hall–Kier alpha value is -1.83. The fraction of sp³-hybridized carbons (Fsp3) is 0.200. The van der Waals surface area contributed by atoms with Gasteiger partial charge in [0.05, 0.1) is 5.69 Å². The van der Waals surface area contributed by atoms with E-state index in [-0.39, 0.29) is 10.9 Å². The summed E-state index contributed by atoms with van der Waals surface area (Å²) in [6.07, 6.45) is -4.52. The highest BCUT2D eigenvalue weighted by Crippen LogP contribution is 2.36. The number of nitrogens with two attached hydrogens (primary N) is 1. The van der Waals surface area contributed by atoms with Crippen LogP contribution in [0.3, 0.4) is 0 Å². The maximum atomic E-state index is 12.3. The van der Waals surface area contributed by atoms with Crippen LogP contribution in [0.25, 0.3) is 0 Å². The van der Waals surface area contributed by atoms with E-state index in [1.165, 1.54) is 0 Å². The lowest BCUT2D eigenvalue weighted by Crippen LogP contribution is -2.03. The molecule has 2 N–H and O–H groups in total. The maximum Gasteiger partial charge on any atom is 0.445 e. The van der Waals surface area contributed by atoms with Gasteiger partial charge in [0.1, 0.15) is 0 Å². The van der Waals surface area contributed by atoms with Crippen molar-refractivity contribution in [3.05, 3.63) is 28.8 Å². The van der Waals surface area contributed by atoms with Gasteiger partial charge in [-0.05, 0) is 24.6 Å². The predicted octanol–water partition coefficient (Wildman–Crippen LogP) is 3.24. The van der Waals surface area contributed by atoms with Crippen molar-refractivity contribution in [2.45, 2.75) is 13.1 Å². The van der Waals surface area contributed by atoms with E-state index >= 15 is 0 Å². The summed E-state index contributed by atoms with van der Waals surface area (Å²) in [4.78, 5) is 0. The lowest BCUT2D eigenvalue weighted by atomic mass is 10.2. The third kappa shape index (κ3) is 2.70. The van der Waals surface area contributed by atoms with Gasteiger partial charge in [0, 0.05) is 0 Å². The number of ether oxygens (including phenoxy) is 1. The van der Waals surface area contributed by atoms with E-state index in [4.69, 9.17) is 10.5 Å². The third-order valence-corrected chi connectivity index (χ3v) is 2.86. The van der Waals surface area contributed by atoms with Crippen molar-refractivity contribution < 1.29 is 17.9 Å². The Morgan fingerprint density at radius 3 is 2.56 bits per heavy atom. The number of nitrogens with zero attached hydrogens (tertiary/aromatic N) is 2. The predicted molar refractivity (Wildman–Crippen MR) is 60.6 cm³/mol. The van der Waals surface area contributed by atoms with Gasteiger partial charge in [-0.2, -0.15) is 13.2 Å². The summed E-state index contributed by atoms with van der Waals surface area (Å²) >= 11 is 0.323. The van der Waals surface area contributed by atoms with Gasteiger partial charge in [0.25, 0.3) is 5.19 Å². The molecule has 0 aliphatic carbocycles. The second kappa shape index (κ2) is 4.45. The van der Waals surface area contributed by atoms with Crippen LogP contribution in [0.2, 0.25) is 0 Å². The molecule has 2 rings (SSSR count). The van der Waals surface area contributed by atoms with E-state index in [1.807, 2.05) is 6.92 Å². The number of aromatic nitrogens is 2. The molecule has 96 valence electrons. The molecule has 0 fully saturated rings. The molecule has 0 saturated heterocycles. The quantitative estimate of drug-likeness (QED) is 0.855. The van der Waals surface area contributed by atoms with Crippen molar-refractivity contribution in [2.24, 2.45) is 0 Å². The number of alkyl halides is 3. The third-order valence-electron chi connectivity index (χ3n) is 2.01. The van der Waals surface area contributed by atoms with Crippen LogP contribution in [0, 0.1) is 6.92 Å². The first-order valence-electron chi connectivity index (χ1n) is 4.81. The summed E-state index contributed by atoms with van der Waals surface area (Å²) in [5.74, 6) is 0.255. The smallest absolute Gasteiger partial charge is 0.428 e. The molecule has 0 radical (unpaired) electrons. The molecule has 1 heterocycles. The highest BCUT2D eigenvalue weighted by atomic mass is 32.1. The first-order chi connectivity index (χ1) is 8.36. The molecule has 1 aromatic carbocycles. The number of nitrogen functional groups attached to an aromatic ring is 1. The minimum absolute atomic E-state index is 0.196. The van der Waals surface area contributed by atoms with Crippen molar-refractivity contribution in [3.63, 3.8) is 0 Å². The fourth-order valence-electron chi connectivity index (χ4n) is 1.22. The molecule has 4 nitrogen and oxygen atoms in total. The van der Waals surface area contributed by atoms with Crippen LogP contribution in [-0.4, -0.2) is 10.2 Å². The molecule has 0 aliphatic rings. The number of halogens is 3. The van der Waals surface area contributed by atoms with Crippen LogP contribution in [-0.2, 0) is 6.18 Å². The van der Waals surface area contributed by atoms with Gasteiger partial charge in [-0.15, -0.1) is 5.10 Å². The Balaban J connectivity index is 2.21. The molecule has 0 spiro atoms.